The van der Waals surface area contributed by atoms with Crippen LogP contribution in [0.1, 0.15) is 5.56 Å². The third-order valence-electron chi connectivity index (χ3n) is 2.90. The van der Waals surface area contributed by atoms with Gasteiger partial charge in [-0.2, -0.15) is 0 Å². The highest BCUT2D eigenvalue weighted by atomic mass is 19.2. The number of nitrogens with one attached hydrogen (secondary N) is 2. The fourth-order valence-electron chi connectivity index (χ4n) is 1.87. The van der Waals surface area contributed by atoms with E-state index >= 15 is 0 Å². The molecule has 0 fully saturated rings. The normalized spacial score (nSPS) is 10.4. The van der Waals surface area contributed by atoms with Crippen molar-refractivity contribution in [3.05, 3.63) is 59.4 Å². The average molecular weight is 310 g/mol. The van der Waals surface area contributed by atoms with Crippen molar-refractivity contribution in [2.45, 2.75) is 6.42 Å². The van der Waals surface area contributed by atoms with Gasteiger partial charge in [-0.05, 0) is 18.1 Å². The van der Waals surface area contributed by atoms with E-state index in [0.717, 1.165) is 0 Å². The largest absolute Gasteiger partial charge is 0.396 e. The van der Waals surface area contributed by atoms with E-state index in [1.807, 2.05) is 0 Å². The number of hydrogen-bond donors (Lipinski definition) is 3. The number of hydrogen-bond acceptors (Lipinski definition) is 2. The summed E-state index contributed by atoms with van der Waals surface area (Å²) in [5.41, 5.74) is 0.638. The minimum atomic E-state index is -1.34. The molecular weight excluding hydrogens is 297 g/mol. The first-order chi connectivity index (χ1) is 10.5. The highest BCUT2D eigenvalue weighted by Gasteiger charge is 2.13. The quantitative estimate of drug-likeness (QED) is 0.759. The Labute approximate surface area is 124 Å². The maximum atomic E-state index is 13.4. The smallest absolute Gasteiger partial charge is 0.323 e. The number of carbonyl (C=O) groups is 1. The Bertz CT molecular complexity index is 692. The van der Waals surface area contributed by atoms with Crippen LogP contribution in [-0.4, -0.2) is 17.7 Å². The van der Waals surface area contributed by atoms with E-state index in [1.54, 1.807) is 24.3 Å². The van der Waals surface area contributed by atoms with Crippen LogP contribution in [0.5, 0.6) is 0 Å². The molecule has 0 aliphatic heterocycles. The first-order valence-corrected chi connectivity index (χ1v) is 6.42. The van der Waals surface area contributed by atoms with Crippen molar-refractivity contribution in [3.63, 3.8) is 0 Å². The topological polar surface area (TPSA) is 61.4 Å². The van der Waals surface area contributed by atoms with Crippen molar-refractivity contribution in [2.24, 2.45) is 0 Å². The minimum Gasteiger partial charge on any atom is -0.396 e. The van der Waals surface area contributed by atoms with Crippen molar-refractivity contribution in [3.8, 4) is 0 Å². The lowest BCUT2D eigenvalue weighted by Crippen LogP contribution is -2.21. The van der Waals surface area contributed by atoms with Gasteiger partial charge in [0.15, 0.2) is 11.6 Å². The van der Waals surface area contributed by atoms with Gasteiger partial charge in [0.25, 0.3) is 0 Å². The first-order valence-electron chi connectivity index (χ1n) is 6.42. The van der Waals surface area contributed by atoms with Crippen LogP contribution in [-0.2, 0) is 6.42 Å². The van der Waals surface area contributed by atoms with E-state index in [0.29, 0.717) is 29.8 Å². The molecule has 0 spiro atoms. The number of para-hydroxylation sites is 1. The third-order valence-corrected chi connectivity index (χ3v) is 2.90. The number of rotatable bonds is 4. The summed E-state index contributed by atoms with van der Waals surface area (Å²) in [5, 5.41) is 13.5. The summed E-state index contributed by atoms with van der Waals surface area (Å²) in [6, 6.07) is 6.83. The van der Waals surface area contributed by atoms with Crippen molar-refractivity contribution in [1.82, 2.24) is 0 Å². The fourth-order valence-corrected chi connectivity index (χ4v) is 1.87. The van der Waals surface area contributed by atoms with Crippen LogP contribution in [0, 0.1) is 17.5 Å². The molecular formula is C15H13F3N2O2. The molecule has 0 bridgehead atoms. The number of benzene rings is 2. The summed E-state index contributed by atoms with van der Waals surface area (Å²) in [7, 11) is 0. The van der Waals surface area contributed by atoms with Crippen LogP contribution in [0.15, 0.2) is 36.4 Å². The summed E-state index contributed by atoms with van der Waals surface area (Å²) in [4.78, 5) is 11.8. The van der Waals surface area contributed by atoms with E-state index < -0.39 is 29.2 Å². The summed E-state index contributed by atoms with van der Waals surface area (Å²) < 4.78 is 39.3. The summed E-state index contributed by atoms with van der Waals surface area (Å²) in [6.45, 7) is -0.0991. The van der Waals surface area contributed by atoms with Gasteiger partial charge in [0.1, 0.15) is 5.82 Å². The maximum absolute atomic E-state index is 13.4. The highest BCUT2D eigenvalue weighted by Crippen LogP contribution is 2.20. The Balaban J connectivity index is 2.12. The summed E-state index contributed by atoms with van der Waals surface area (Å²) in [5.74, 6) is -3.69. The second kappa shape index (κ2) is 6.95. The minimum absolute atomic E-state index is 0.0991. The number of carbonyl (C=O) groups excluding carboxylic acids is 1. The SMILES string of the molecule is O=C(Nc1cc(F)c(F)cc1F)Nc1ccccc1CCO. The third kappa shape index (κ3) is 3.76. The zero-order valence-corrected chi connectivity index (χ0v) is 11.4. The Morgan fingerprint density at radius 3 is 2.32 bits per heavy atom. The van der Waals surface area contributed by atoms with E-state index in [1.165, 1.54) is 0 Å². The Kier molecular flexibility index (Phi) is 5.00. The summed E-state index contributed by atoms with van der Waals surface area (Å²) >= 11 is 0. The number of halogens is 3. The van der Waals surface area contributed by atoms with Crippen molar-refractivity contribution in [2.75, 3.05) is 17.2 Å². The maximum Gasteiger partial charge on any atom is 0.323 e. The molecule has 116 valence electrons. The van der Waals surface area contributed by atoms with Gasteiger partial charge in [-0.3, -0.25) is 0 Å². The molecule has 2 amide bonds. The molecule has 0 unspecified atom stereocenters. The molecule has 2 aromatic carbocycles. The molecule has 0 heterocycles. The Hall–Kier alpha value is -2.54. The van der Waals surface area contributed by atoms with Gasteiger partial charge in [0.2, 0.25) is 0 Å². The molecule has 0 aliphatic carbocycles. The van der Waals surface area contributed by atoms with Gasteiger partial charge in [-0.15, -0.1) is 0 Å². The van der Waals surface area contributed by atoms with Gasteiger partial charge >= 0.3 is 6.03 Å². The number of urea groups is 1. The van der Waals surface area contributed by atoms with Crippen LogP contribution >= 0.6 is 0 Å². The molecule has 2 aromatic rings. The van der Waals surface area contributed by atoms with Gasteiger partial charge < -0.3 is 15.7 Å². The zero-order chi connectivity index (χ0) is 16.1. The van der Waals surface area contributed by atoms with E-state index in [4.69, 9.17) is 5.11 Å². The van der Waals surface area contributed by atoms with E-state index in [-0.39, 0.29) is 6.61 Å². The Morgan fingerprint density at radius 2 is 1.59 bits per heavy atom. The van der Waals surface area contributed by atoms with Gasteiger partial charge in [-0.1, -0.05) is 18.2 Å². The lowest BCUT2D eigenvalue weighted by atomic mass is 10.1. The predicted molar refractivity (Wildman–Crippen MR) is 76.2 cm³/mol. The molecule has 7 heteroatoms. The molecule has 0 atom stereocenters. The molecule has 0 aliphatic rings. The number of anilines is 2. The number of aliphatic hydroxyl groups excluding tert-OH is 1. The predicted octanol–water partition coefficient (Wildman–Crippen LogP) is 3.28. The van der Waals surface area contributed by atoms with Crippen molar-refractivity contribution in [1.29, 1.82) is 0 Å². The highest BCUT2D eigenvalue weighted by molar-refractivity contribution is 6.00. The van der Waals surface area contributed by atoms with Crippen LogP contribution in [0.25, 0.3) is 0 Å². The molecule has 4 nitrogen and oxygen atoms in total. The van der Waals surface area contributed by atoms with E-state index in [9.17, 15) is 18.0 Å². The van der Waals surface area contributed by atoms with Crippen LogP contribution < -0.4 is 10.6 Å². The van der Waals surface area contributed by atoms with Crippen LogP contribution in [0.4, 0.5) is 29.3 Å². The zero-order valence-electron chi connectivity index (χ0n) is 11.4. The average Bonchev–Trinajstić information content (AvgIpc) is 2.47. The monoisotopic (exact) mass is 310 g/mol. The lowest BCUT2D eigenvalue weighted by molar-refractivity contribution is 0.262. The van der Waals surface area contributed by atoms with Gasteiger partial charge in [-0.25, -0.2) is 18.0 Å². The number of amides is 2. The van der Waals surface area contributed by atoms with Gasteiger partial charge in [0, 0.05) is 24.4 Å². The first kappa shape index (κ1) is 15.8. The van der Waals surface area contributed by atoms with Gasteiger partial charge in [0.05, 0.1) is 5.69 Å². The van der Waals surface area contributed by atoms with Crippen LogP contribution in [0.2, 0.25) is 0 Å². The molecule has 0 saturated carbocycles. The molecule has 0 radical (unpaired) electrons. The summed E-state index contributed by atoms with van der Waals surface area (Å²) in [6.07, 6.45) is 0.329. The van der Waals surface area contributed by atoms with Crippen LogP contribution in [0.3, 0.4) is 0 Å². The second-order valence-electron chi connectivity index (χ2n) is 4.46. The molecule has 22 heavy (non-hydrogen) atoms. The standard InChI is InChI=1S/C15H13F3N2O2/c16-10-7-12(18)14(8-11(10)17)20-15(22)19-13-4-2-1-3-9(13)5-6-21/h1-4,7-8,21H,5-6H2,(H2,19,20,22). The molecule has 2 rings (SSSR count). The van der Waals surface area contributed by atoms with E-state index in [2.05, 4.69) is 10.6 Å². The molecule has 3 N–H and O–H groups in total. The second-order valence-corrected chi connectivity index (χ2v) is 4.46. The fraction of sp³-hybridized carbons (Fsp3) is 0.133. The molecule has 0 aromatic heterocycles. The van der Waals surface area contributed by atoms with Crippen molar-refractivity contribution < 1.29 is 23.1 Å². The van der Waals surface area contributed by atoms with Crippen molar-refractivity contribution >= 4 is 17.4 Å². The number of aliphatic hydroxyl groups is 1. The lowest BCUT2D eigenvalue weighted by Gasteiger charge is -2.12. The Morgan fingerprint density at radius 1 is 0.955 bits per heavy atom. The molecule has 0 saturated heterocycles.